The van der Waals surface area contributed by atoms with Crippen molar-refractivity contribution in [3.63, 3.8) is 0 Å². The summed E-state index contributed by atoms with van der Waals surface area (Å²) in [5.74, 6) is -0.339. The summed E-state index contributed by atoms with van der Waals surface area (Å²) < 4.78 is 134. The maximum Gasteiger partial charge on any atom is 1.00 e. The number of aromatic amines is 1. The zero-order valence-corrected chi connectivity index (χ0v) is 23.8. The van der Waals surface area contributed by atoms with E-state index >= 15 is 0 Å². The van der Waals surface area contributed by atoms with Gasteiger partial charge in [0.25, 0.3) is 0 Å². The van der Waals surface area contributed by atoms with Crippen LogP contribution in [0.3, 0.4) is 0 Å². The third kappa shape index (κ3) is 6.34. The maximum absolute atomic E-state index is 12.7. The summed E-state index contributed by atoms with van der Waals surface area (Å²) in [5.41, 5.74) is -2.19. The monoisotopic (exact) mass is 558 g/mol. The molecule has 0 atom stereocenters. The van der Waals surface area contributed by atoms with Crippen LogP contribution >= 0.6 is 0 Å². The van der Waals surface area contributed by atoms with Crippen LogP contribution in [0.15, 0.2) is 57.4 Å². The van der Waals surface area contributed by atoms with Crippen LogP contribution in [0.25, 0.3) is 11.0 Å². The van der Waals surface area contributed by atoms with Crippen molar-refractivity contribution in [1.29, 1.82) is 0 Å². The first kappa shape index (κ1) is 30.4. The van der Waals surface area contributed by atoms with E-state index in [9.17, 15) is 47.3 Å². The van der Waals surface area contributed by atoms with E-state index in [1.807, 2.05) is 0 Å². The molecule has 1 N–H and O–H groups in total. The third-order valence-electron chi connectivity index (χ3n) is 3.66. The van der Waals surface area contributed by atoms with Crippen LogP contribution < -0.4 is 67.3 Å². The molecule has 0 spiro atoms. The number of fused-ring (bicyclic) bond motifs is 1. The summed E-state index contributed by atoms with van der Waals surface area (Å²) >= 11 is 0. The second kappa shape index (κ2) is 10.2. The molecular weight excluding hydrogens is 550 g/mol. The smallest absolute Gasteiger partial charge is 0.744 e. The van der Waals surface area contributed by atoms with Crippen molar-refractivity contribution in [2.75, 3.05) is 0 Å². The molecule has 0 radical (unpaired) electrons. The first-order valence-corrected chi connectivity index (χ1v) is 13.1. The molecule has 0 unspecified atom stereocenters. The van der Waals surface area contributed by atoms with E-state index in [0.717, 1.165) is 12.1 Å². The molecule has 0 amide bonds. The minimum absolute atomic E-state index is 0. The average molecular weight is 558 g/mol. The maximum atomic E-state index is 12.7. The molecule has 20 heteroatoms. The van der Waals surface area contributed by atoms with E-state index in [2.05, 4.69) is 0 Å². The summed E-state index contributed by atoms with van der Waals surface area (Å²) in [4.78, 5) is -1.74. The van der Waals surface area contributed by atoms with Gasteiger partial charge in [0.2, 0.25) is 10.1 Å². The van der Waals surface area contributed by atoms with Crippen LogP contribution in [0.2, 0.25) is 0 Å². The Kier molecular flexibility index (Phi) is 9.38. The largest absolute Gasteiger partial charge is 1.00 e. The number of nitrogens with zero attached hydrogens (tertiary/aromatic N) is 1. The van der Waals surface area contributed by atoms with Gasteiger partial charge in [0.1, 0.15) is 30.9 Å². The molecule has 33 heavy (non-hydrogen) atoms. The van der Waals surface area contributed by atoms with Crippen LogP contribution in [-0.4, -0.2) is 52.3 Å². The van der Waals surface area contributed by atoms with Crippen molar-refractivity contribution in [1.82, 2.24) is 4.98 Å². The van der Waals surface area contributed by atoms with E-state index in [0.29, 0.717) is 6.07 Å². The topological polar surface area (TPSA) is 235 Å². The van der Waals surface area contributed by atoms with Crippen molar-refractivity contribution in [2.45, 2.75) is 14.9 Å². The van der Waals surface area contributed by atoms with E-state index in [-0.39, 0.29) is 74.9 Å². The minimum atomic E-state index is -5.80. The minimum Gasteiger partial charge on any atom is -0.744 e. The Morgan fingerprint density at radius 3 is 1.73 bits per heavy atom. The van der Waals surface area contributed by atoms with Crippen LogP contribution in [-0.2, 0) is 40.7 Å². The standard InChI is InChI=1S/C13H10N2O12S4.2Na/c16-28(17,18)10-7-6-9-11(12(10)29(19,20)21)14-13(30(22,23)24)15(9)31(25,26)27-8-4-2-1-3-5-8;;/h1-7H,(H3,16,17,18,19,20,21,22,23,24);;/q;2*+1/p-2. The molecule has 2 aromatic carbocycles. The normalized spacial score (nSPS) is 12.6. The first-order valence-electron chi connectivity index (χ1n) is 7.52. The van der Waals surface area contributed by atoms with Gasteiger partial charge in [-0.05, 0) is 24.3 Å². The van der Waals surface area contributed by atoms with Crippen molar-refractivity contribution in [3.8, 4) is 5.75 Å². The van der Waals surface area contributed by atoms with Crippen LogP contribution in [0.1, 0.15) is 0 Å². The Hall–Kier alpha value is -0.610. The van der Waals surface area contributed by atoms with Crippen LogP contribution in [0.5, 0.6) is 5.75 Å². The number of hydrogen-bond acceptors (Lipinski definition) is 12. The Balaban J connectivity index is 0.00000272. The molecule has 0 fully saturated rings. The van der Waals surface area contributed by atoms with Crippen molar-refractivity contribution in [2.24, 2.45) is 0 Å². The van der Waals surface area contributed by atoms with Gasteiger partial charge in [-0.15, -0.1) is 8.42 Å². The number of benzene rings is 2. The number of nitrogens with one attached hydrogen (secondary N) is 1. The van der Waals surface area contributed by atoms with Crippen molar-refractivity contribution >= 4 is 51.7 Å². The zero-order chi connectivity index (χ0) is 23.4. The molecule has 0 aliphatic rings. The molecule has 168 valence electrons. The van der Waals surface area contributed by atoms with Gasteiger partial charge in [0.05, 0.1) is 4.90 Å². The molecule has 1 aromatic heterocycles. The van der Waals surface area contributed by atoms with Crippen molar-refractivity contribution < 1.29 is 115 Å². The van der Waals surface area contributed by atoms with E-state index in [1.54, 1.807) is 4.98 Å². The average Bonchev–Trinajstić information content (AvgIpc) is 3.00. The zero-order valence-electron chi connectivity index (χ0n) is 16.5. The third-order valence-corrected chi connectivity index (χ3v) is 7.69. The SMILES string of the molecule is O=S(=O)([O-])c1ccc2c([nH]c(S(=O)(=O)[O-])[n+]2S(=O)(=O)Oc2ccccc2)c1S(=O)(=O)[O-].[Na+].[Na+]. The van der Waals surface area contributed by atoms with Gasteiger partial charge in [-0.2, -0.15) is 0 Å². The van der Waals surface area contributed by atoms with Gasteiger partial charge in [-0.1, -0.05) is 22.2 Å². The second-order valence-corrected chi connectivity index (χ2v) is 11.0. The van der Waals surface area contributed by atoms with E-state index in [4.69, 9.17) is 4.18 Å². The van der Waals surface area contributed by atoms with Gasteiger partial charge in [0.15, 0.2) is 11.0 Å². The molecule has 14 nitrogen and oxygen atoms in total. The fourth-order valence-electron chi connectivity index (χ4n) is 2.58. The molecule has 1 heterocycles. The molecule has 0 aliphatic heterocycles. The van der Waals surface area contributed by atoms with Gasteiger partial charge >= 0.3 is 74.6 Å². The summed E-state index contributed by atoms with van der Waals surface area (Å²) in [6, 6.07) is 7.27. The van der Waals surface area contributed by atoms with E-state index in [1.165, 1.54) is 18.2 Å². The fraction of sp³-hybridized carbons (Fsp3) is 0. The Morgan fingerprint density at radius 2 is 1.27 bits per heavy atom. The summed E-state index contributed by atoms with van der Waals surface area (Å²) in [6.45, 7) is 0. The molecule has 0 saturated carbocycles. The van der Waals surface area contributed by atoms with Gasteiger partial charge in [0, 0.05) is 0 Å². The number of rotatable bonds is 6. The first-order chi connectivity index (χ1) is 14.0. The Labute approximate surface area is 232 Å². The molecule has 0 aliphatic carbocycles. The predicted octanol–water partition coefficient (Wildman–Crippen LogP) is -7.65. The number of imidazole rings is 1. The number of H-pyrrole nitrogens is 1. The molecule has 3 rings (SSSR count). The van der Waals surface area contributed by atoms with Gasteiger partial charge in [-0.25, -0.2) is 30.2 Å². The van der Waals surface area contributed by atoms with Crippen LogP contribution in [0, 0.1) is 0 Å². The predicted molar refractivity (Wildman–Crippen MR) is 93.8 cm³/mol. The number of hydrogen-bond donors (Lipinski definition) is 1. The fourth-order valence-corrected chi connectivity index (χ4v) is 6.62. The summed E-state index contributed by atoms with van der Waals surface area (Å²) in [7, 11) is -22.3. The molecule has 0 saturated heterocycles. The van der Waals surface area contributed by atoms with Gasteiger partial charge < -0.3 is 17.8 Å². The van der Waals surface area contributed by atoms with E-state index < -0.39 is 66.6 Å². The quantitative estimate of drug-likeness (QED) is 0.169. The second-order valence-electron chi connectivity index (χ2n) is 5.70. The van der Waals surface area contributed by atoms with Crippen molar-refractivity contribution in [3.05, 3.63) is 42.5 Å². The summed E-state index contributed by atoms with van der Waals surface area (Å²) in [5, 5.41) is -1.70. The van der Waals surface area contributed by atoms with Crippen LogP contribution in [0.4, 0.5) is 0 Å². The Bertz CT molecular complexity index is 1630. The Morgan fingerprint density at radius 1 is 0.727 bits per heavy atom. The van der Waals surface area contributed by atoms with Gasteiger partial charge in [-0.3, -0.25) is 0 Å². The summed E-state index contributed by atoms with van der Waals surface area (Å²) in [6.07, 6.45) is 0. The molecule has 3 aromatic rings. The molecule has 0 bridgehead atoms. The molecular formula is C13H8N2Na2O12S4. The number of aromatic nitrogens is 2. The number of para-hydroxylation sites is 1.